The van der Waals surface area contributed by atoms with Crippen LogP contribution in [0.1, 0.15) is 26.4 Å². The topological polar surface area (TPSA) is 50.3 Å². The molecule has 19 heavy (non-hydrogen) atoms. The summed E-state index contributed by atoms with van der Waals surface area (Å²) in [6.45, 7) is 1.76. The Bertz CT molecular complexity index is 712. The predicted molar refractivity (Wildman–Crippen MR) is 71.6 cm³/mol. The van der Waals surface area contributed by atoms with E-state index in [0.717, 1.165) is 4.90 Å². The molecule has 2 amide bonds. The lowest BCUT2D eigenvalue weighted by Gasteiger charge is -2.15. The third-order valence-corrected chi connectivity index (χ3v) is 3.30. The van der Waals surface area contributed by atoms with Gasteiger partial charge in [-0.25, -0.2) is 4.90 Å². The lowest BCUT2D eigenvalue weighted by atomic mass is 10.1. The van der Waals surface area contributed by atoms with Crippen molar-refractivity contribution in [1.29, 1.82) is 0 Å². The van der Waals surface area contributed by atoms with Crippen molar-refractivity contribution in [3.63, 3.8) is 0 Å². The second kappa shape index (κ2) is 4.17. The van der Waals surface area contributed by atoms with Gasteiger partial charge in [0, 0.05) is 11.2 Å². The SMILES string of the molecule is Cc1ncccc1N1C(=O)c2ccc(Cl)cc2C1=O. The Kier molecular flexibility index (Phi) is 2.61. The summed E-state index contributed by atoms with van der Waals surface area (Å²) in [5.41, 5.74) is 1.84. The first-order valence-corrected chi connectivity index (χ1v) is 6.07. The minimum atomic E-state index is -0.362. The van der Waals surface area contributed by atoms with Gasteiger partial charge in [-0.3, -0.25) is 14.6 Å². The highest BCUT2D eigenvalue weighted by Gasteiger charge is 2.37. The molecule has 0 saturated heterocycles. The molecule has 94 valence electrons. The van der Waals surface area contributed by atoms with Crippen LogP contribution in [0.3, 0.4) is 0 Å². The van der Waals surface area contributed by atoms with E-state index in [9.17, 15) is 9.59 Å². The number of halogens is 1. The average Bonchev–Trinajstić information content (AvgIpc) is 2.63. The molecule has 1 aromatic heterocycles. The lowest BCUT2D eigenvalue weighted by Crippen LogP contribution is -2.30. The standard InChI is InChI=1S/C14H9ClN2O2/c1-8-12(3-2-6-16-8)17-13(18)10-5-4-9(15)7-11(10)14(17)19/h2-7H,1H3. The van der Waals surface area contributed by atoms with Crippen molar-refractivity contribution in [2.75, 3.05) is 4.90 Å². The quantitative estimate of drug-likeness (QED) is 0.750. The number of hydrogen-bond donors (Lipinski definition) is 0. The molecule has 3 rings (SSSR count). The summed E-state index contributed by atoms with van der Waals surface area (Å²) in [6, 6.07) is 8.09. The maximum Gasteiger partial charge on any atom is 0.266 e. The van der Waals surface area contributed by atoms with Gasteiger partial charge >= 0.3 is 0 Å². The molecule has 5 heteroatoms. The molecule has 2 heterocycles. The number of carbonyl (C=O) groups is 2. The van der Waals surface area contributed by atoms with Crippen LogP contribution in [0.15, 0.2) is 36.5 Å². The summed E-state index contributed by atoms with van der Waals surface area (Å²) in [5.74, 6) is -0.702. The highest BCUT2D eigenvalue weighted by molar-refractivity contribution is 6.36. The van der Waals surface area contributed by atoms with Crippen LogP contribution in [0.25, 0.3) is 0 Å². The van der Waals surface area contributed by atoms with Crippen LogP contribution in [-0.2, 0) is 0 Å². The first-order chi connectivity index (χ1) is 9.09. The van der Waals surface area contributed by atoms with Gasteiger partial charge in [0.05, 0.1) is 22.5 Å². The molecule has 0 spiro atoms. The Balaban J connectivity index is 2.16. The highest BCUT2D eigenvalue weighted by Crippen LogP contribution is 2.30. The smallest absolute Gasteiger partial charge is 0.266 e. The van der Waals surface area contributed by atoms with E-state index in [1.165, 1.54) is 6.07 Å². The van der Waals surface area contributed by atoms with E-state index in [4.69, 9.17) is 11.6 Å². The second-order valence-corrected chi connectivity index (χ2v) is 4.68. The first kappa shape index (κ1) is 11.9. The van der Waals surface area contributed by atoms with Crippen LogP contribution in [0.2, 0.25) is 5.02 Å². The number of anilines is 1. The number of aromatic nitrogens is 1. The largest absolute Gasteiger partial charge is 0.268 e. The van der Waals surface area contributed by atoms with Crippen LogP contribution in [-0.4, -0.2) is 16.8 Å². The lowest BCUT2D eigenvalue weighted by molar-refractivity contribution is 0.0926. The van der Waals surface area contributed by atoms with Gasteiger partial charge < -0.3 is 0 Å². The van der Waals surface area contributed by atoms with E-state index in [1.807, 2.05) is 0 Å². The van der Waals surface area contributed by atoms with Crippen molar-refractivity contribution in [2.24, 2.45) is 0 Å². The monoisotopic (exact) mass is 272 g/mol. The van der Waals surface area contributed by atoms with E-state index in [0.29, 0.717) is 27.5 Å². The molecule has 0 radical (unpaired) electrons. The number of carbonyl (C=O) groups excluding carboxylic acids is 2. The van der Waals surface area contributed by atoms with E-state index in [-0.39, 0.29) is 11.8 Å². The third-order valence-electron chi connectivity index (χ3n) is 3.07. The molecule has 0 atom stereocenters. The number of fused-ring (bicyclic) bond motifs is 1. The van der Waals surface area contributed by atoms with Crippen LogP contribution < -0.4 is 4.90 Å². The number of hydrogen-bond acceptors (Lipinski definition) is 3. The van der Waals surface area contributed by atoms with Gasteiger partial charge in [-0.15, -0.1) is 0 Å². The van der Waals surface area contributed by atoms with Crippen LogP contribution in [0, 0.1) is 6.92 Å². The Morgan fingerprint density at radius 2 is 1.84 bits per heavy atom. The Hall–Kier alpha value is -2.20. The fourth-order valence-corrected chi connectivity index (χ4v) is 2.32. The van der Waals surface area contributed by atoms with Gasteiger partial charge in [0.1, 0.15) is 0 Å². The van der Waals surface area contributed by atoms with E-state index in [2.05, 4.69) is 4.98 Å². The van der Waals surface area contributed by atoms with Crippen molar-refractivity contribution >= 4 is 29.1 Å². The zero-order valence-corrected chi connectivity index (χ0v) is 10.8. The van der Waals surface area contributed by atoms with E-state index >= 15 is 0 Å². The maximum absolute atomic E-state index is 12.3. The summed E-state index contributed by atoms with van der Waals surface area (Å²) < 4.78 is 0. The van der Waals surface area contributed by atoms with E-state index in [1.54, 1.807) is 37.4 Å². The van der Waals surface area contributed by atoms with E-state index < -0.39 is 0 Å². The summed E-state index contributed by atoms with van der Waals surface area (Å²) in [6.07, 6.45) is 1.62. The molecule has 1 aliphatic rings. The number of pyridine rings is 1. The second-order valence-electron chi connectivity index (χ2n) is 4.24. The van der Waals surface area contributed by atoms with Gasteiger partial charge in [0.2, 0.25) is 0 Å². The summed E-state index contributed by atoms with van der Waals surface area (Å²) >= 11 is 5.87. The number of rotatable bonds is 1. The molecule has 2 aromatic rings. The number of benzene rings is 1. The minimum Gasteiger partial charge on any atom is -0.268 e. The fraction of sp³-hybridized carbons (Fsp3) is 0.0714. The normalized spacial score (nSPS) is 13.9. The molecule has 0 unspecified atom stereocenters. The fourth-order valence-electron chi connectivity index (χ4n) is 2.14. The number of imide groups is 1. The Morgan fingerprint density at radius 1 is 1.11 bits per heavy atom. The Morgan fingerprint density at radius 3 is 2.58 bits per heavy atom. The van der Waals surface area contributed by atoms with Gasteiger partial charge in [0.25, 0.3) is 11.8 Å². The molecule has 0 fully saturated rings. The molecular formula is C14H9ClN2O2. The predicted octanol–water partition coefficient (Wildman–Crippen LogP) is 2.84. The van der Waals surface area contributed by atoms with Crippen molar-refractivity contribution in [3.8, 4) is 0 Å². The van der Waals surface area contributed by atoms with Crippen molar-refractivity contribution in [2.45, 2.75) is 6.92 Å². The molecule has 4 nitrogen and oxygen atoms in total. The molecule has 0 aliphatic carbocycles. The molecule has 0 N–H and O–H groups in total. The van der Waals surface area contributed by atoms with Gasteiger partial charge in [-0.05, 0) is 37.3 Å². The molecule has 1 aromatic carbocycles. The van der Waals surface area contributed by atoms with Crippen molar-refractivity contribution < 1.29 is 9.59 Å². The number of aryl methyl sites for hydroxylation is 1. The van der Waals surface area contributed by atoms with Gasteiger partial charge in [0.15, 0.2) is 0 Å². The van der Waals surface area contributed by atoms with Crippen molar-refractivity contribution in [3.05, 3.63) is 58.4 Å². The van der Waals surface area contributed by atoms with Crippen LogP contribution in [0.5, 0.6) is 0 Å². The number of nitrogens with zero attached hydrogens (tertiary/aromatic N) is 2. The summed E-state index contributed by atoms with van der Waals surface area (Å²) in [4.78, 5) is 29.9. The van der Waals surface area contributed by atoms with Crippen molar-refractivity contribution in [1.82, 2.24) is 4.98 Å². The summed E-state index contributed by atoms with van der Waals surface area (Å²) in [7, 11) is 0. The van der Waals surface area contributed by atoms with Gasteiger partial charge in [-0.1, -0.05) is 11.6 Å². The van der Waals surface area contributed by atoms with Crippen LogP contribution >= 0.6 is 11.6 Å². The maximum atomic E-state index is 12.3. The third kappa shape index (κ3) is 1.72. The minimum absolute atomic E-state index is 0.334. The first-order valence-electron chi connectivity index (χ1n) is 5.69. The zero-order chi connectivity index (χ0) is 13.6. The molecular weight excluding hydrogens is 264 g/mol. The molecule has 1 aliphatic heterocycles. The average molecular weight is 273 g/mol. The van der Waals surface area contributed by atoms with Crippen LogP contribution in [0.4, 0.5) is 5.69 Å². The highest BCUT2D eigenvalue weighted by atomic mass is 35.5. The molecule has 0 bridgehead atoms. The number of amides is 2. The Labute approximate surface area is 114 Å². The summed E-state index contributed by atoms with van der Waals surface area (Å²) in [5, 5.41) is 0.435. The van der Waals surface area contributed by atoms with Gasteiger partial charge in [-0.2, -0.15) is 0 Å². The molecule has 0 saturated carbocycles. The zero-order valence-electron chi connectivity index (χ0n) is 10.1.